The second kappa shape index (κ2) is 7.01. The fourth-order valence-electron chi connectivity index (χ4n) is 1.73. The smallest absolute Gasteiger partial charge is 0.294 e. The van der Waals surface area contributed by atoms with Gasteiger partial charge in [0.05, 0.1) is 4.90 Å². The first-order chi connectivity index (χ1) is 10.1. The maximum atomic E-state index is 10.5. The molecule has 0 saturated heterocycles. The Morgan fingerprint density at radius 3 is 2.32 bits per heavy atom. The van der Waals surface area contributed by atoms with E-state index in [-0.39, 0.29) is 10.4 Å². The number of hydrogen-bond donors (Lipinski definition) is 4. The highest BCUT2D eigenvalue weighted by atomic mass is 32.2. The van der Waals surface area contributed by atoms with E-state index in [1.54, 1.807) is 18.3 Å². The third-order valence-corrected chi connectivity index (χ3v) is 4.22. The van der Waals surface area contributed by atoms with Crippen LogP contribution in [-0.2, 0) is 10.1 Å². The molecule has 1 atom stereocenters. The van der Waals surface area contributed by atoms with Gasteiger partial charge < -0.3 is 5.73 Å². The van der Waals surface area contributed by atoms with Crippen molar-refractivity contribution in [3.63, 3.8) is 0 Å². The third-order valence-electron chi connectivity index (χ3n) is 3.35. The predicted octanol–water partition coefficient (Wildman–Crippen LogP) is 1.41. The predicted molar refractivity (Wildman–Crippen MR) is 85.7 cm³/mol. The molecule has 0 aliphatic carbocycles. The van der Waals surface area contributed by atoms with Crippen molar-refractivity contribution < 1.29 is 13.0 Å². The number of nitrogens with one attached hydrogen (secondary N) is 1. The van der Waals surface area contributed by atoms with Crippen molar-refractivity contribution in [3.8, 4) is 0 Å². The van der Waals surface area contributed by atoms with Gasteiger partial charge in [-0.3, -0.25) is 15.0 Å². The summed E-state index contributed by atoms with van der Waals surface area (Å²) in [6.07, 6.45) is 4.86. The van der Waals surface area contributed by atoms with Crippen molar-refractivity contribution in [1.29, 1.82) is 5.41 Å². The SMILES string of the molecule is CCC1(N)C=CN(N)C(=N)C1.Cc1ccc(S(=O)(=O)O)cc1. The lowest BCUT2D eigenvalue weighted by atomic mass is 9.91. The number of benzene rings is 1. The number of aryl methyl sites for hydroxylation is 1. The average molecular weight is 326 g/mol. The molecule has 0 bridgehead atoms. The highest BCUT2D eigenvalue weighted by Gasteiger charge is 2.26. The van der Waals surface area contributed by atoms with Gasteiger partial charge >= 0.3 is 0 Å². The van der Waals surface area contributed by atoms with Crippen LogP contribution in [0.5, 0.6) is 0 Å². The molecule has 1 unspecified atom stereocenters. The number of rotatable bonds is 2. The summed E-state index contributed by atoms with van der Waals surface area (Å²) in [7, 11) is -4.02. The van der Waals surface area contributed by atoms with E-state index < -0.39 is 10.1 Å². The molecule has 1 aromatic rings. The lowest BCUT2D eigenvalue weighted by Crippen LogP contribution is -2.48. The van der Waals surface area contributed by atoms with Crippen molar-refractivity contribution in [2.45, 2.75) is 37.1 Å². The summed E-state index contributed by atoms with van der Waals surface area (Å²) in [5.74, 6) is 5.79. The van der Waals surface area contributed by atoms with Gasteiger partial charge in [-0.1, -0.05) is 24.6 Å². The fourth-order valence-corrected chi connectivity index (χ4v) is 2.21. The van der Waals surface area contributed by atoms with Crippen LogP contribution in [-0.4, -0.2) is 29.4 Å². The molecule has 2 rings (SSSR count). The van der Waals surface area contributed by atoms with Gasteiger partial charge in [-0.2, -0.15) is 8.42 Å². The van der Waals surface area contributed by atoms with E-state index in [2.05, 4.69) is 0 Å². The second-order valence-corrected chi connectivity index (χ2v) is 6.64. The van der Waals surface area contributed by atoms with Crippen LogP contribution in [0.15, 0.2) is 41.4 Å². The third kappa shape index (κ3) is 5.23. The van der Waals surface area contributed by atoms with Gasteiger partial charge in [-0.05, 0) is 31.6 Å². The Bertz CT molecular complexity index is 655. The highest BCUT2D eigenvalue weighted by molar-refractivity contribution is 7.85. The van der Waals surface area contributed by atoms with Crippen LogP contribution < -0.4 is 11.6 Å². The fraction of sp³-hybridized carbons (Fsp3) is 0.357. The van der Waals surface area contributed by atoms with E-state index in [0.29, 0.717) is 12.3 Å². The minimum Gasteiger partial charge on any atom is -0.321 e. The van der Waals surface area contributed by atoms with E-state index in [1.807, 2.05) is 19.9 Å². The van der Waals surface area contributed by atoms with Gasteiger partial charge in [0.25, 0.3) is 10.1 Å². The summed E-state index contributed by atoms with van der Waals surface area (Å²) < 4.78 is 29.6. The van der Waals surface area contributed by atoms with Gasteiger partial charge in [0.1, 0.15) is 5.84 Å². The van der Waals surface area contributed by atoms with Crippen molar-refractivity contribution in [1.82, 2.24) is 5.01 Å². The Hall–Kier alpha value is -1.74. The van der Waals surface area contributed by atoms with Crippen LogP contribution in [0.2, 0.25) is 0 Å². The zero-order valence-electron chi connectivity index (χ0n) is 12.7. The maximum Gasteiger partial charge on any atom is 0.294 e. The Morgan fingerprint density at radius 2 is 1.91 bits per heavy atom. The minimum absolute atomic E-state index is 0.0666. The molecule has 6 N–H and O–H groups in total. The summed E-state index contributed by atoms with van der Waals surface area (Å²) >= 11 is 0. The average Bonchev–Trinajstić information content (AvgIpc) is 2.44. The molecule has 22 heavy (non-hydrogen) atoms. The Labute approximate surface area is 130 Å². The molecule has 0 fully saturated rings. The molecule has 0 aromatic heterocycles. The summed E-state index contributed by atoms with van der Waals surface area (Å²) in [6.45, 7) is 3.84. The molecule has 1 aliphatic rings. The van der Waals surface area contributed by atoms with E-state index >= 15 is 0 Å². The zero-order valence-corrected chi connectivity index (χ0v) is 13.5. The van der Waals surface area contributed by atoms with E-state index in [9.17, 15) is 8.42 Å². The van der Waals surface area contributed by atoms with Gasteiger partial charge in [0, 0.05) is 18.2 Å². The van der Waals surface area contributed by atoms with E-state index in [1.165, 1.54) is 17.1 Å². The molecule has 122 valence electrons. The van der Waals surface area contributed by atoms with Crippen LogP contribution in [0.4, 0.5) is 0 Å². The summed E-state index contributed by atoms with van der Waals surface area (Å²) in [6, 6.07) is 5.99. The number of nitrogens with zero attached hydrogens (tertiary/aromatic N) is 1. The normalized spacial score (nSPS) is 21.3. The Kier molecular flexibility index (Phi) is 5.84. The van der Waals surface area contributed by atoms with Crippen LogP contribution in [0.25, 0.3) is 0 Å². The first kappa shape index (κ1) is 18.3. The van der Waals surface area contributed by atoms with Gasteiger partial charge in [0.2, 0.25) is 0 Å². The van der Waals surface area contributed by atoms with E-state index in [4.69, 9.17) is 21.5 Å². The molecule has 7 nitrogen and oxygen atoms in total. The van der Waals surface area contributed by atoms with Gasteiger partial charge in [-0.15, -0.1) is 0 Å². The standard InChI is InChI=1S/C7H14N4.C7H8O3S/c1-2-7(9)3-4-11(10)6(8)5-7;1-6-2-4-7(5-3-6)11(8,9)10/h3-4,8H,2,5,9-10H2,1H3;2-5H,1H3,(H,8,9,10). The van der Waals surface area contributed by atoms with Crippen LogP contribution in [0.3, 0.4) is 0 Å². The van der Waals surface area contributed by atoms with E-state index in [0.717, 1.165) is 12.0 Å². The van der Waals surface area contributed by atoms with Crippen LogP contribution >= 0.6 is 0 Å². The number of nitrogens with two attached hydrogens (primary N) is 2. The molecule has 0 amide bonds. The topological polar surface area (TPSA) is 133 Å². The van der Waals surface area contributed by atoms with Crippen molar-refractivity contribution in [2.75, 3.05) is 0 Å². The van der Waals surface area contributed by atoms with Crippen molar-refractivity contribution >= 4 is 16.0 Å². The first-order valence-electron chi connectivity index (χ1n) is 6.71. The summed E-state index contributed by atoms with van der Waals surface area (Å²) in [5, 5.41) is 8.72. The minimum atomic E-state index is -4.02. The number of amidine groups is 1. The molecule has 1 aliphatic heterocycles. The lowest BCUT2D eigenvalue weighted by molar-refractivity contribution is 0.449. The molecular formula is C14H22N4O3S. The lowest BCUT2D eigenvalue weighted by Gasteiger charge is -2.31. The molecule has 0 spiro atoms. The molecule has 1 aromatic carbocycles. The first-order valence-corrected chi connectivity index (χ1v) is 8.15. The van der Waals surface area contributed by atoms with Crippen LogP contribution in [0.1, 0.15) is 25.3 Å². The van der Waals surface area contributed by atoms with Crippen molar-refractivity contribution in [2.24, 2.45) is 11.6 Å². The largest absolute Gasteiger partial charge is 0.321 e. The molecular weight excluding hydrogens is 304 g/mol. The Morgan fingerprint density at radius 1 is 1.36 bits per heavy atom. The maximum absolute atomic E-state index is 10.5. The zero-order chi connectivity index (χ0) is 17.0. The van der Waals surface area contributed by atoms with Crippen LogP contribution in [0, 0.1) is 12.3 Å². The molecule has 0 radical (unpaired) electrons. The second-order valence-electron chi connectivity index (χ2n) is 5.22. The summed E-state index contributed by atoms with van der Waals surface area (Å²) in [4.78, 5) is -0.0666. The number of hydrogen-bond acceptors (Lipinski definition) is 5. The summed E-state index contributed by atoms with van der Waals surface area (Å²) in [5.41, 5.74) is 6.50. The Balaban J connectivity index is 0.000000220. The molecule has 0 saturated carbocycles. The quantitative estimate of drug-likeness (QED) is 0.479. The number of hydrazine groups is 1. The highest BCUT2D eigenvalue weighted by Crippen LogP contribution is 2.18. The molecule has 1 heterocycles. The monoisotopic (exact) mass is 326 g/mol. The van der Waals surface area contributed by atoms with Gasteiger partial charge in [0.15, 0.2) is 0 Å². The van der Waals surface area contributed by atoms with Gasteiger partial charge in [-0.25, -0.2) is 5.84 Å². The molecule has 8 heteroatoms. The van der Waals surface area contributed by atoms with Crippen molar-refractivity contribution in [3.05, 3.63) is 42.1 Å².